The van der Waals surface area contributed by atoms with E-state index in [1.54, 1.807) is 18.2 Å². The van der Waals surface area contributed by atoms with Crippen molar-refractivity contribution in [1.82, 2.24) is 15.2 Å². The number of carbonyl (C=O) groups excluding carboxylic acids is 1. The number of pyridine rings is 1. The zero-order valence-corrected chi connectivity index (χ0v) is 15.2. The first-order valence-electron chi connectivity index (χ1n) is 9.62. The van der Waals surface area contributed by atoms with Gasteiger partial charge in [0.1, 0.15) is 5.82 Å². The number of hydrogen-bond donors (Lipinski definition) is 2. The molecule has 2 fully saturated rings. The number of aromatic nitrogens is 1. The van der Waals surface area contributed by atoms with E-state index in [1.807, 2.05) is 11.0 Å². The highest BCUT2D eigenvalue weighted by Gasteiger charge is 2.44. The smallest absolute Gasteiger partial charge is 0.255 e. The summed E-state index contributed by atoms with van der Waals surface area (Å²) >= 11 is 0. The molecule has 3 atom stereocenters. The fourth-order valence-corrected chi connectivity index (χ4v) is 4.45. The third-order valence-corrected chi connectivity index (χ3v) is 5.77. The van der Waals surface area contributed by atoms with Gasteiger partial charge in [-0.3, -0.25) is 9.59 Å². The second-order valence-corrected chi connectivity index (χ2v) is 7.46. The molecule has 0 unspecified atom stereocenters. The van der Waals surface area contributed by atoms with Crippen LogP contribution in [0.3, 0.4) is 0 Å². The first kappa shape index (κ1) is 17.9. The molecule has 5 nitrogen and oxygen atoms in total. The van der Waals surface area contributed by atoms with Crippen molar-refractivity contribution in [2.24, 2.45) is 0 Å². The largest absolute Gasteiger partial charge is 0.333 e. The Balaban J connectivity index is 1.67. The molecule has 2 N–H and O–H groups in total. The topological polar surface area (TPSA) is 65.2 Å². The Morgan fingerprint density at radius 1 is 1.15 bits per heavy atom. The summed E-state index contributed by atoms with van der Waals surface area (Å²) in [7, 11) is 0. The molecule has 2 saturated heterocycles. The number of nitrogens with zero attached hydrogens (tertiary/aromatic N) is 1. The summed E-state index contributed by atoms with van der Waals surface area (Å²) in [6.07, 6.45) is 5.74. The molecule has 0 bridgehead atoms. The van der Waals surface area contributed by atoms with Gasteiger partial charge in [0, 0.05) is 36.8 Å². The lowest BCUT2D eigenvalue weighted by Gasteiger charge is -2.31. The predicted octanol–water partition coefficient (Wildman–Crippen LogP) is 2.65. The highest BCUT2D eigenvalue weighted by atomic mass is 19.1. The van der Waals surface area contributed by atoms with Crippen LogP contribution in [0.15, 0.2) is 47.4 Å². The second-order valence-electron chi connectivity index (χ2n) is 7.46. The van der Waals surface area contributed by atoms with Crippen LogP contribution in [-0.4, -0.2) is 41.0 Å². The quantitative estimate of drug-likeness (QED) is 0.855. The van der Waals surface area contributed by atoms with E-state index in [9.17, 15) is 14.0 Å². The maximum atomic E-state index is 13.8. The van der Waals surface area contributed by atoms with Crippen molar-refractivity contribution >= 4 is 5.91 Å². The minimum Gasteiger partial charge on any atom is -0.333 e. The fraction of sp³-hybridized carbons (Fsp3) is 0.429. The number of amides is 1. The van der Waals surface area contributed by atoms with E-state index in [0.717, 1.165) is 37.8 Å². The zero-order chi connectivity index (χ0) is 18.8. The monoisotopic (exact) mass is 369 g/mol. The summed E-state index contributed by atoms with van der Waals surface area (Å²) in [6.45, 7) is 1.46. The molecule has 6 heteroatoms. The van der Waals surface area contributed by atoms with Crippen molar-refractivity contribution < 1.29 is 9.18 Å². The normalized spacial score (nSPS) is 25.5. The Hall–Kier alpha value is -2.47. The van der Waals surface area contributed by atoms with E-state index in [4.69, 9.17) is 0 Å². The lowest BCUT2D eigenvalue weighted by molar-refractivity contribution is 0.0712. The molecule has 2 aromatic rings. The van der Waals surface area contributed by atoms with Crippen LogP contribution in [0.25, 0.3) is 0 Å². The van der Waals surface area contributed by atoms with Crippen LogP contribution in [0, 0.1) is 5.82 Å². The Morgan fingerprint density at radius 3 is 2.81 bits per heavy atom. The van der Waals surface area contributed by atoms with Gasteiger partial charge < -0.3 is 15.2 Å². The van der Waals surface area contributed by atoms with E-state index in [0.29, 0.717) is 12.1 Å². The number of carbonyl (C=O) groups is 1. The van der Waals surface area contributed by atoms with E-state index < -0.39 is 0 Å². The molecule has 0 spiro atoms. The number of H-pyrrole nitrogens is 1. The van der Waals surface area contributed by atoms with Gasteiger partial charge in [0.15, 0.2) is 0 Å². The number of aromatic amines is 1. The fourth-order valence-electron chi connectivity index (χ4n) is 4.45. The van der Waals surface area contributed by atoms with Crippen LogP contribution in [0.5, 0.6) is 0 Å². The average Bonchev–Trinajstić information content (AvgIpc) is 2.99. The molecule has 27 heavy (non-hydrogen) atoms. The molecular weight excluding hydrogens is 345 g/mol. The van der Waals surface area contributed by atoms with Gasteiger partial charge in [-0.1, -0.05) is 25.0 Å². The lowest BCUT2D eigenvalue weighted by atomic mass is 9.88. The number of benzene rings is 1. The van der Waals surface area contributed by atoms with Gasteiger partial charge in [0.05, 0.1) is 5.56 Å². The van der Waals surface area contributed by atoms with Crippen LogP contribution >= 0.6 is 0 Å². The number of hydrogen-bond acceptors (Lipinski definition) is 3. The summed E-state index contributed by atoms with van der Waals surface area (Å²) in [5, 5.41) is 3.62. The molecule has 142 valence electrons. The molecule has 1 aromatic heterocycles. The van der Waals surface area contributed by atoms with Crippen molar-refractivity contribution in [3.05, 3.63) is 69.9 Å². The maximum absolute atomic E-state index is 13.8. The molecule has 3 heterocycles. The number of nitrogens with one attached hydrogen (secondary N) is 2. The number of likely N-dealkylation sites (tertiary alicyclic amines) is 1. The molecular formula is C21H24FN3O2. The third-order valence-electron chi connectivity index (χ3n) is 5.77. The zero-order valence-electron chi connectivity index (χ0n) is 15.2. The second kappa shape index (κ2) is 7.64. The van der Waals surface area contributed by atoms with Crippen molar-refractivity contribution in [1.29, 1.82) is 0 Å². The summed E-state index contributed by atoms with van der Waals surface area (Å²) in [5.74, 6) is -0.279. The number of rotatable bonds is 2. The van der Waals surface area contributed by atoms with Gasteiger partial charge in [0.2, 0.25) is 5.56 Å². The van der Waals surface area contributed by atoms with E-state index in [2.05, 4.69) is 10.3 Å². The van der Waals surface area contributed by atoms with Crippen LogP contribution < -0.4 is 10.9 Å². The molecule has 2 aliphatic heterocycles. The average molecular weight is 369 g/mol. The van der Waals surface area contributed by atoms with E-state index in [1.165, 1.54) is 18.3 Å². The highest BCUT2D eigenvalue weighted by Crippen LogP contribution is 2.36. The minimum absolute atomic E-state index is 0.0514. The van der Waals surface area contributed by atoms with Crippen molar-refractivity contribution in [3.8, 4) is 0 Å². The van der Waals surface area contributed by atoms with Gasteiger partial charge in [-0.15, -0.1) is 0 Å². The SMILES string of the molecule is O=C(c1ccc(=O)[nH]c1)N1C[C@@H](c2cccc(F)c2)[C@@H]2NCCCCC[C@H]21. The minimum atomic E-state index is -0.250. The van der Waals surface area contributed by atoms with Crippen LogP contribution in [-0.2, 0) is 0 Å². The molecule has 2 aliphatic rings. The number of fused-ring (bicyclic) bond motifs is 1. The maximum Gasteiger partial charge on any atom is 0.255 e. The van der Waals surface area contributed by atoms with Crippen LogP contribution in [0.1, 0.15) is 47.5 Å². The van der Waals surface area contributed by atoms with Gasteiger partial charge in [-0.05, 0) is 43.1 Å². The van der Waals surface area contributed by atoms with Gasteiger partial charge in [0.25, 0.3) is 5.91 Å². The predicted molar refractivity (Wildman–Crippen MR) is 101 cm³/mol. The Kier molecular flexibility index (Phi) is 5.07. The van der Waals surface area contributed by atoms with Crippen molar-refractivity contribution in [3.63, 3.8) is 0 Å². The first-order valence-corrected chi connectivity index (χ1v) is 9.62. The van der Waals surface area contributed by atoms with Crippen molar-refractivity contribution in [2.45, 2.75) is 43.7 Å². The molecule has 0 aliphatic carbocycles. The molecule has 4 rings (SSSR count). The van der Waals surface area contributed by atoms with Crippen molar-refractivity contribution in [2.75, 3.05) is 13.1 Å². The highest BCUT2D eigenvalue weighted by molar-refractivity contribution is 5.94. The molecule has 0 saturated carbocycles. The van der Waals surface area contributed by atoms with Crippen LogP contribution in [0.4, 0.5) is 4.39 Å². The third kappa shape index (κ3) is 3.67. The summed E-state index contributed by atoms with van der Waals surface area (Å²) in [6, 6.07) is 9.83. The number of halogens is 1. The van der Waals surface area contributed by atoms with Gasteiger partial charge >= 0.3 is 0 Å². The Labute approximate surface area is 157 Å². The van der Waals surface area contributed by atoms with E-state index in [-0.39, 0.29) is 35.3 Å². The summed E-state index contributed by atoms with van der Waals surface area (Å²) in [4.78, 5) is 29.0. The summed E-state index contributed by atoms with van der Waals surface area (Å²) in [5.41, 5.74) is 1.18. The molecule has 1 aromatic carbocycles. The molecule has 1 amide bonds. The lowest BCUT2D eigenvalue weighted by Crippen LogP contribution is -2.47. The van der Waals surface area contributed by atoms with Gasteiger partial charge in [-0.2, -0.15) is 0 Å². The Morgan fingerprint density at radius 2 is 2.04 bits per heavy atom. The standard InChI is InChI=1S/C21H24FN3O2/c22-16-6-4-5-14(11-16)17-13-25(18-7-2-1-3-10-23-20(17)18)21(27)15-8-9-19(26)24-12-15/h4-6,8-9,11-12,17-18,20,23H,1-3,7,10,13H2,(H,24,26)/t17-,18+,20-/m0/s1. The van der Waals surface area contributed by atoms with Crippen LogP contribution in [0.2, 0.25) is 0 Å². The molecule has 0 radical (unpaired) electrons. The Bertz CT molecular complexity index is 861. The van der Waals surface area contributed by atoms with E-state index >= 15 is 0 Å². The first-order chi connectivity index (χ1) is 13.1. The van der Waals surface area contributed by atoms with Gasteiger partial charge in [-0.25, -0.2) is 4.39 Å². The summed E-state index contributed by atoms with van der Waals surface area (Å²) < 4.78 is 13.8.